The Bertz CT molecular complexity index is 306. The molecule has 0 aromatic heterocycles. The Morgan fingerprint density at radius 2 is 2.21 bits per heavy atom. The van der Waals surface area contributed by atoms with E-state index in [9.17, 15) is 0 Å². The predicted molar refractivity (Wildman–Crippen MR) is 92.4 cm³/mol. The van der Waals surface area contributed by atoms with E-state index in [1.54, 1.807) is 0 Å². The van der Waals surface area contributed by atoms with Gasteiger partial charge in [0.15, 0.2) is 5.96 Å². The lowest BCUT2D eigenvalue weighted by Gasteiger charge is -2.45. The highest BCUT2D eigenvalue weighted by atomic mass is 127. The Hall–Kier alpha value is -0.0400. The van der Waals surface area contributed by atoms with Gasteiger partial charge in [0, 0.05) is 25.2 Å². The summed E-state index contributed by atoms with van der Waals surface area (Å²) in [6.07, 6.45) is 6.47. The number of hydrogen-bond acceptors (Lipinski definition) is 4. The molecule has 1 aliphatic heterocycles. The highest BCUT2D eigenvalue weighted by molar-refractivity contribution is 14.0. The van der Waals surface area contributed by atoms with E-state index in [-0.39, 0.29) is 24.0 Å². The second kappa shape index (κ2) is 7.67. The number of likely N-dealkylation sites (N-methyl/N-ethyl adjacent to an activating group) is 1. The van der Waals surface area contributed by atoms with E-state index < -0.39 is 0 Å². The zero-order valence-corrected chi connectivity index (χ0v) is 14.9. The molecule has 1 heterocycles. The number of hydrogen-bond donors (Lipinski definition) is 2. The second-order valence-electron chi connectivity index (χ2n) is 6.18. The van der Waals surface area contributed by atoms with E-state index >= 15 is 0 Å². The van der Waals surface area contributed by atoms with Crippen molar-refractivity contribution in [1.29, 1.82) is 0 Å². The number of aliphatic imine (C=N–C) groups is 1. The van der Waals surface area contributed by atoms with Crippen molar-refractivity contribution in [2.24, 2.45) is 10.9 Å². The van der Waals surface area contributed by atoms with Gasteiger partial charge in [0.2, 0.25) is 0 Å². The highest BCUT2D eigenvalue weighted by Gasteiger charge is 2.36. The molecule has 0 aromatic rings. The molecule has 2 aliphatic rings. The Morgan fingerprint density at radius 1 is 1.42 bits per heavy atom. The zero-order chi connectivity index (χ0) is 13.0. The molecule has 0 radical (unpaired) electrons. The molecule has 0 aromatic carbocycles. The van der Waals surface area contributed by atoms with Crippen LogP contribution in [0.25, 0.3) is 0 Å². The molecule has 0 saturated heterocycles. The number of rotatable bonds is 3. The maximum atomic E-state index is 4.50. The van der Waals surface area contributed by atoms with Gasteiger partial charge in [-0.3, -0.25) is 4.99 Å². The van der Waals surface area contributed by atoms with Crippen LogP contribution in [0.15, 0.2) is 4.99 Å². The van der Waals surface area contributed by atoms with Gasteiger partial charge < -0.3 is 15.5 Å². The maximum Gasteiger partial charge on any atom is 0.191 e. The van der Waals surface area contributed by atoms with Crippen molar-refractivity contribution >= 4 is 29.9 Å². The molecule has 2 unspecified atom stereocenters. The first kappa shape index (κ1) is 17.0. The van der Waals surface area contributed by atoms with Crippen LogP contribution in [-0.2, 0) is 0 Å². The van der Waals surface area contributed by atoms with Crippen LogP contribution in [0.4, 0.5) is 0 Å². The van der Waals surface area contributed by atoms with E-state index in [0.717, 1.165) is 37.9 Å². The van der Waals surface area contributed by atoms with Gasteiger partial charge in [0.25, 0.3) is 0 Å². The van der Waals surface area contributed by atoms with Crippen LogP contribution in [0.5, 0.6) is 0 Å². The van der Waals surface area contributed by atoms with Crippen molar-refractivity contribution in [3.05, 3.63) is 0 Å². The molecular weight excluding hydrogens is 351 g/mol. The Labute approximate surface area is 134 Å². The molecule has 5 heteroatoms. The van der Waals surface area contributed by atoms with Gasteiger partial charge in [-0.25, -0.2) is 0 Å². The van der Waals surface area contributed by atoms with Crippen LogP contribution in [0.3, 0.4) is 0 Å². The molecule has 4 nitrogen and oxygen atoms in total. The minimum Gasteiger partial charge on any atom is -0.356 e. The fourth-order valence-corrected chi connectivity index (χ4v) is 3.26. The summed E-state index contributed by atoms with van der Waals surface area (Å²) in [4.78, 5) is 6.91. The molecule has 112 valence electrons. The van der Waals surface area contributed by atoms with E-state index in [2.05, 4.69) is 41.5 Å². The third-order valence-electron chi connectivity index (χ3n) is 4.50. The number of nitrogens with zero attached hydrogens (tertiary/aromatic N) is 2. The normalized spacial score (nSPS) is 31.2. The lowest BCUT2D eigenvalue weighted by molar-refractivity contribution is 0.0795. The molecule has 2 rings (SSSR count). The first-order chi connectivity index (χ1) is 8.62. The van der Waals surface area contributed by atoms with E-state index in [1.165, 1.54) is 25.7 Å². The van der Waals surface area contributed by atoms with Gasteiger partial charge in [-0.05, 0) is 39.3 Å². The smallest absolute Gasteiger partial charge is 0.191 e. The van der Waals surface area contributed by atoms with E-state index in [1.807, 2.05) is 0 Å². The average molecular weight is 380 g/mol. The van der Waals surface area contributed by atoms with Crippen molar-refractivity contribution in [2.75, 3.05) is 33.7 Å². The molecule has 2 atom stereocenters. The molecular formula is C14H29IN4. The minimum atomic E-state index is 0. The third kappa shape index (κ3) is 4.48. The summed E-state index contributed by atoms with van der Waals surface area (Å²) >= 11 is 0. The van der Waals surface area contributed by atoms with Crippen LogP contribution in [0, 0.1) is 5.92 Å². The monoisotopic (exact) mass is 380 g/mol. The van der Waals surface area contributed by atoms with Crippen molar-refractivity contribution in [2.45, 2.75) is 44.6 Å². The van der Waals surface area contributed by atoms with Crippen molar-refractivity contribution in [3.8, 4) is 0 Å². The average Bonchev–Trinajstić information content (AvgIpc) is 2.37. The summed E-state index contributed by atoms with van der Waals surface area (Å²) in [5, 5.41) is 6.88. The van der Waals surface area contributed by atoms with Gasteiger partial charge >= 0.3 is 0 Å². The number of halogens is 1. The maximum absolute atomic E-state index is 4.50. The first-order valence-corrected chi connectivity index (χ1v) is 7.32. The molecule has 1 aliphatic carbocycles. The molecule has 0 amide bonds. The third-order valence-corrected chi connectivity index (χ3v) is 4.50. The van der Waals surface area contributed by atoms with Crippen molar-refractivity contribution in [3.63, 3.8) is 0 Å². The van der Waals surface area contributed by atoms with Crippen LogP contribution in [0.2, 0.25) is 0 Å². The second-order valence-corrected chi connectivity index (χ2v) is 6.18. The van der Waals surface area contributed by atoms with E-state index in [0.29, 0.717) is 5.54 Å². The van der Waals surface area contributed by atoms with Gasteiger partial charge in [0.05, 0.1) is 0 Å². The summed E-state index contributed by atoms with van der Waals surface area (Å²) in [6.45, 7) is 5.40. The summed E-state index contributed by atoms with van der Waals surface area (Å²) in [7, 11) is 4.44. The molecule has 0 spiro atoms. The van der Waals surface area contributed by atoms with Crippen molar-refractivity contribution < 1.29 is 0 Å². The van der Waals surface area contributed by atoms with E-state index in [4.69, 9.17) is 0 Å². The summed E-state index contributed by atoms with van der Waals surface area (Å²) < 4.78 is 0. The van der Waals surface area contributed by atoms with Gasteiger partial charge in [0.1, 0.15) is 0 Å². The SMILES string of the molecule is CC1CCCC(CNC2=NCCCN2)(N(C)C)C1.I. The van der Waals surface area contributed by atoms with Crippen LogP contribution in [-0.4, -0.2) is 50.1 Å². The standard InChI is InChI=1S/C14H28N4.HI/c1-12-6-4-7-14(10-12,18(2)3)11-17-13-15-8-5-9-16-13;/h12H,4-11H2,1-3H3,(H2,15,16,17);1H. The fraction of sp³-hybridized carbons (Fsp3) is 0.929. The minimum absolute atomic E-state index is 0. The van der Waals surface area contributed by atoms with Gasteiger partial charge in [-0.15, -0.1) is 24.0 Å². The lowest BCUT2D eigenvalue weighted by Crippen LogP contribution is -2.56. The largest absolute Gasteiger partial charge is 0.356 e. The molecule has 0 bridgehead atoms. The van der Waals surface area contributed by atoms with Crippen LogP contribution in [0.1, 0.15) is 39.0 Å². The molecule has 1 saturated carbocycles. The molecule has 1 fully saturated rings. The molecule has 2 N–H and O–H groups in total. The predicted octanol–water partition coefficient (Wildman–Crippen LogP) is 2.05. The topological polar surface area (TPSA) is 39.7 Å². The zero-order valence-electron chi connectivity index (χ0n) is 12.5. The van der Waals surface area contributed by atoms with Crippen LogP contribution >= 0.6 is 24.0 Å². The quantitative estimate of drug-likeness (QED) is 0.737. The Balaban J connectivity index is 0.00000180. The molecule has 19 heavy (non-hydrogen) atoms. The summed E-state index contributed by atoms with van der Waals surface area (Å²) in [5.74, 6) is 1.84. The lowest BCUT2D eigenvalue weighted by atomic mass is 9.75. The fourth-order valence-electron chi connectivity index (χ4n) is 3.26. The van der Waals surface area contributed by atoms with Gasteiger partial charge in [-0.2, -0.15) is 0 Å². The van der Waals surface area contributed by atoms with Crippen LogP contribution < -0.4 is 10.6 Å². The summed E-state index contributed by atoms with van der Waals surface area (Å²) in [6, 6.07) is 0. The highest BCUT2D eigenvalue weighted by Crippen LogP contribution is 2.35. The Morgan fingerprint density at radius 3 is 2.79 bits per heavy atom. The van der Waals surface area contributed by atoms with Crippen molar-refractivity contribution in [1.82, 2.24) is 15.5 Å². The summed E-state index contributed by atoms with van der Waals surface area (Å²) in [5.41, 5.74) is 0.305. The number of guanidine groups is 1. The first-order valence-electron chi connectivity index (χ1n) is 7.32. The van der Waals surface area contributed by atoms with Gasteiger partial charge in [-0.1, -0.05) is 19.8 Å². The Kier molecular flexibility index (Phi) is 6.86. The number of nitrogens with one attached hydrogen (secondary N) is 2.